The molecule has 1 amide bonds. The first-order chi connectivity index (χ1) is 8.78. The molecule has 1 heterocycles. The highest BCUT2D eigenvalue weighted by Crippen LogP contribution is 2.20. The zero-order valence-corrected chi connectivity index (χ0v) is 10.1. The van der Waals surface area contributed by atoms with E-state index in [1.807, 2.05) is 0 Å². The SMILES string of the molecule is O=C(CCl)Nc1ccc(Oc2ccncn2)cc1. The number of hydrogen-bond acceptors (Lipinski definition) is 4. The second kappa shape index (κ2) is 5.97. The van der Waals surface area contributed by atoms with Gasteiger partial charge in [0.05, 0.1) is 0 Å². The minimum atomic E-state index is -0.249. The standard InChI is InChI=1S/C12H10ClN3O2/c13-7-11(17)16-9-1-3-10(4-2-9)18-12-5-6-14-8-15-12/h1-6,8H,7H2,(H,16,17). The minimum absolute atomic E-state index is 0.0703. The fourth-order valence-corrected chi connectivity index (χ4v) is 1.33. The Bertz CT molecular complexity index is 517. The first kappa shape index (κ1) is 12.3. The molecule has 0 aliphatic carbocycles. The predicted octanol–water partition coefficient (Wildman–Crippen LogP) is 2.45. The summed E-state index contributed by atoms with van der Waals surface area (Å²) in [5.41, 5.74) is 0.663. The summed E-state index contributed by atoms with van der Waals surface area (Å²) in [7, 11) is 0. The van der Waals surface area contributed by atoms with Gasteiger partial charge in [-0.1, -0.05) is 0 Å². The van der Waals surface area contributed by atoms with Gasteiger partial charge in [0, 0.05) is 18.0 Å². The number of alkyl halides is 1. The molecule has 2 aromatic rings. The zero-order valence-electron chi connectivity index (χ0n) is 9.34. The highest BCUT2D eigenvalue weighted by molar-refractivity contribution is 6.29. The van der Waals surface area contributed by atoms with Crippen LogP contribution in [0, 0.1) is 0 Å². The third-order valence-corrected chi connectivity index (χ3v) is 2.28. The van der Waals surface area contributed by atoms with E-state index < -0.39 is 0 Å². The van der Waals surface area contributed by atoms with Crippen LogP contribution in [0.1, 0.15) is 0 Å². The Balaban J connectivity index is 2.02. The van der Waals surface area contributed by atoms with Crippen molar-refractivity contribution in [3.8, 4) is 11.6 Å². The molecule has 0 radical (unpaired) electrons. The lowest BCUT2D eigenvalue weighted by Gasteiger charge is -2.06. The van der Waals surface area contributed by atoms with Crippen LogP contribution in [0.4, 0.5) is 5.69 Å². The monoisotopic (exact) mass is 263 g/mol. The van der Waals surface area contributed by atoms with Crippen molar-refractivity contribution >= 4 is 23.2 Å². The lowest BCUT2D eigenvalue weighted by atomic mass is 10.3. The molecule has 5 nitrogen and oxygen atoms in total. The first-order valence-corrected chi connectivity index (χ1v) is 5.71. The molecule has 2 rings (SSSR count). The van der Waals surface area contributed by atoms with Gasteiger partial charge in [-0.2, -0.15) is 0 Å². The van der Waals surface area contributed by atoms with Crippen molar-refractivity contribution in [2.75, 3.05) is 11.2 Å². The zero-order chi connectivity index (χ0) is 12.8. The summed E-state index contributed by atoms with van der Waals surface area (Å²) in [6.07, 6.45) is 3.00. The maximum absolute atomic E-state index is 11.1. The Morgan fingerprint density at radius 2 is 2.06 bits per heavy atom. The van der Waals surface area contributed by atoms with Crippen LogP contribution >= 0.6 is 11.6 Å². The number of ether oxygens (including phenoxy) is 1. The number of amides is 1. The number of nitrogens with one attached hydrogen (secondary N) is 1. The van der Waals surface area contributed by atoms with Gasteiger partial charge >= 0.3 is 0 Å². The maximum Gasteiger partial charge on any atom is 0.239 e. The van der Waals surface area contributed by atoms with E-state index in [2.05, 4.69) is 15.3 Å². The summed E-state index contributed by atoms with van der Waals surface area (Å²) in [5, 5.41) is 2.63. The molecule has 0 saturated carbocycles. The number of carbonyl (C=O) groups is 1. The Morgan fingerprint density at radius 1 is 1.28 bits per heavy atom. The third-order valence-electron chi connectivity index (χ3n) is 2.04. The number of anilines is 1. The quantitative estimate of drug-likeness (QED) is 0.861. The van der Waals surface area contributed by atoms with Crippen molar-refractivity contribution in [3.63, 3.8) is 0 Å². The average Bonchev–Trinajstić information content (AvgIpc) is 2.42. The largest absolute Gasteiger partial charge is 0.439 e. The average molecular weight is 264 g/mol. The summed E-state index contributed by atoms with van der Waals surface area (Å²) in [6, 6.07) is 8.56. The Labute approximate surface area is 109 Å². The molecule has 1 aromatic carbocycles. The van der Waals surface area contributed by atoms with E-state index in [-0.39, 0.29) is 11.8 Å². The van der Waals surface area contributed by atoms with Gasteiger partial charge in [-0.15, -0.1) is 11.6 Å². The maximum atomic E-state index is 11.1. The topological polar surface area (TPSA) is 64.1 Å². The molecule has 0 fully saturated rings. The van der Waals surface area contributed by atoms with E-state index >= 15 is 0 Å². The Morgan fingerprint density at radius 3 is 2.67 bits per heavy atom. The molecule has 1 aromatic heterocycles. The molecule has 0 spiro atoms. The molecule has 0 aliphatic rings. The van der Waals surface area contributed by atoms with E-state index in [0.29, 0.717) is 17.3 Å². The van der Waals surface area contributed by atoms with Crippen molar-refractivity contribution in [3.05, 3.63) is 42.9 Å². The number of carbonyl (C=O) groups excluding carboxylic acids is 1. The van der Waals surface area contributed by atoms with Gasteiger partial charge in [-0.3, -0.25) is 4.79 Å². The molecule has 92 valence electrons. The number of aromatic nitrogens is 2. The molecule has 18 heavy (non-hydrogen) atoms. The minimum Gasteiger partial charge on any atom is -0.439 e. The lowest BCUT2D eigenvalue weighted by Crippen LogP contribution is -2.12. The summed E-state index contributed by atoms with van der Waals surface area (Å²) < 4.78 is 5.47. The molecular weight excluding hydrogens is 254 g/mol. The van der Waals surface area contributed by atoms with Crippen molar-refractivity contribution in [2.24, 2.45) is 0 Å². The molecular formula is C12H10ClN3O2. The molecule has 0 unspecified atom stereocenters. The van der Waals surface area contributed by atoms with E-state index in [9.17, 15) is 4.79 Å². The van der Waals surface area contributed by atoms with Crippen molar-refractivity contribution < 1.29 is 9.53 Å². The fraction of sp³-hybridized carbons (Fsp3) is 0.0833. The Kier molecular flexibility index (Phi) is 4.09. The van der Waals surface area contributed by atoms with Gasteiger partial charge in [0.2, 0.25) is 11.8 Å². The second-order valence-corrected chi connectivity index (χ2v) is 3.62. The second-order valence-electron chi connectivity index (χ2n) is 3.36. The van der Waals surface area contributed by atoms with Crippen LogP contribution in [0.3, 0.4) is 0 Å². The van der Waals surface area contributed by atoms with Crippen molar-refractivity contribution in [2.45, 2.75) is 0 Å². The van der Waals surface area contributed by atoms with Crippen LogP contribution in [0.5, 0.6) is 11.6 Å². The van der Waals surface area contributed by atoms with E-state index in [0.717, 1.165) is 0 Å². The highest BCUT2D eigenvalue weighted by Gasteiger charge is 2.01. The van der Waals surface area contributed by atoms with Crippen LogP contribution in [-0.2, 0) is 4.79 Å². The van der Waals surface area contributed by atoms with Gasteiger partial charge in [-0.05, 0) is 24.3 Å². The number of hydrogen-bond donors (Lipinski definition) is 1. The molecule has 0 saturated heterocycles. The number of benzene rings is 1. The molecule has 0 aliphatic heterocycles. The number of rotatable bonds is 4. The van der Waals surface area contributed by atoms with Gasteiger partial charge < -0.3 is 10.1 Å². The van der Waals surface area contributed by atoms with Crippen LogP contribution < -0.4 is 10.1 Å². The number of halogens is 1. The van der Waals surface area contributed by atoms with Gasteiger partial charge in [0.1, 0.15) is 18.0 Å². The van der Waals surface area contributed by atoms with Crippen LogP contribution in [0.15, 0.2) is 42.9 Å². The summed E-state index contributed by atoms with van der Waals surface area (Å²) >= 11 is 5.39. The van der Waals surface area contributed by atoms with Crippen LogP contribution in [0.25, 0.3) is 0 Å². The van der Waals surface area contributed by atoms with Gasteiger partial charge in [0.15, 0.2) is 0 Å². The van der Waals surface area contributed by atoms with Crippen LogP contribution in [0.2, 0.25) is 0 Å². The molecule has 6 heteroatoms. The first-order valence-electron chi connectivity index (χ1n) is 5.17. The predicted molar refractivity (Wildman–Crippen MR) is 67.9 cm³/mol. The molecule has 0 atom stereocenters. The summed E-state index contributed by atoms with van der Waals surface area (Å²) in [5.74, 6) is 0.764. The third kappa shape index (κ3) is 3.43. The summed E-state index contributed by atoms with van der Waals surface area (Å²) in [6.45, 7) is 0. The Hall–Kier alpha value is -2.14. The summed E-state index contributed by atoms with van der Waals surface area (Å²) in [4.78, 5) is 18.8. The smallest absolute Gasteiger partial charge is 0.239 e. The number of nitrogens with zero attached hydrogens (tertiary/aromatic N) is 2. The van der Waals surface area contributed by atoms with E-state index in [1.165, 1.54) is 6.33 Å². The van der Waals surface area contributed by atoms with E-state index in [1.54, 1.807) is 36.5 Å². The van der Waals surface area contributed by atoms with Crippen molar-refractivity contribution in [1.29, 1.82) is 0 Å². The normalized spacial score (nSPS) is 9.83. The molecule has 1 N–H and O–H groups in total. The lowest BCUT2D eigenvalue weighted by molar-refractivity contribution is -0.113. The molecule has 0 bridgehead atoms. The van der Waals surface area contributed by atoms with Crippen LogP contribution in [-0.4, -0.2) is 21.8 Å². The highest BCUT2D eigenvalue weighted by atomic mass is 35.5. The fourth-order valence-electron chi connectivity index (χ4n) is 1.26. The van der Waals surface area contributed by atoms with Gasteiger partial charge in [0.25, 0.3) is 0 Å². The van der Waals surface area contributed by atoms with E-state index in [4.69, 9.17) is 16.3 Å². The van der Waals surface area contributed by atoms with Crippen molar-refractivity contribution in [1.82, 2.24) is 9.97 Å². The van der Waals surface area contributed by atoms with Gasteiger partial charge in [-0.25, -0.2) is 9.97 Å².